The second-order valence-corrected chi connectivity index (χ2v) is 15.4. The third-order valence-electron chi connectivity index (χ3n) is 10.7. The Labute approximate surface area is 299 Å². The highest BCUT2D eigenvalue weighted by atomic mass is 32.1. The molecular formula is C46H25N3S2. The van der Waals surface area contributed by atoms with E-state index in [1.807, 2.05) is 17.5 Å². The first kappa shape index (κ1) is 27.7. The Morgan fingerprint density at radius 3 is 1.90 bits per heavy atom. The van der Waals surface area contributed by atoms with Crippen molar-refractivity contribution in [3.63, 3.8) is 0 Å². The third kappa shape index (κ3) is 3.71. The average molecular weight is 684 g/mol. The number of nitrogens with zero attached hydrogens (tertiary/aromatic N) is 3. The molecule has 5 heteroatoms. The summed E-state index contributed by atoms with van der Waals surface area (Å²) in [7, 11) is 0. The van der Waals surface area contributed by atoms with Crippen molar-refractivity contribution in [3.05, 3.63) is 152 Å². The highest BCUT2D eigenvalue weighted by Gasteiger charge is 2.25. The smallest absolute Gasteiger partial charge is 0.116 e. The molecule has 51 heavy (non-hydrogen) atoms. The van der Waals surface area contributed by atoms with Crippen LogP contribution in [-0.4, -0.2) is 14.5 Å². The van der Waals surface area contributed by atoms with E-state index in [-0.39, 0.29) is 0 Å². The summed E-state index contributed by atoms with van der Waals surface area (Å²) in [5.41, 5.74) is 7.02. The zero-order valence-corrected chi connectivity index (χ0v) is 28.7. The van der Waals surface area contributed by atoms with E-state index < -0.39 is 0 Å². The zero-order valence-electron chi connectivity index (χ0n) is 27.1. The number of hydrogen-bond donors (Lipinski definition) is 0. The maximum absolute atomic E-state index is 4.88. The first-order chi connectivity index (χ1) is 25.3. The number of rotatable bonds is 2. The third-order valence-corrected chi connectivity index (χ3v) is 13.0. The first-order valence-corrected chi connectivity index (χ1v) is 18.8. The lowest BCUT2D eigenvalue weighted by Crippen LogP contribution is -1.94. The molecule has 0 atom stereocenters. The Hall–Kier alpha value is -6.14. The van der Waals surface area contributed by atoms with Gasteiger partial charge in [0.1, 0.15) is 6.33 Å². The molecule has 236 valence electrons. The highest BCUT2D eigenvalue weighted by Crippen LogP contribution is 2.51. The van der Waals surface area contributed by atoms with Crippen LogP contribution in [0.5, 0.6) is 0 Å². The molecule has 0 bridgehead atoms. The van der Waals surface area contributed by atoms with Gasteiger partial charge in [0.2, 0.25) is 0 Å². The second-order valence-electron chi connectivity index (χ2n) is 13.3. The van der Waals surface area contributed by atoms with Gasteiger partial charge in [0.05, 0.1) is 25.9 Å². The van der Waals surface area contributed by atoms with Crippen LogP contribution in [0.1, 0.15) is 0 Å². The van der Waals surface area contributed by atoms with Crippen LogP contribution in [0.3, 0.4) is 0 Å². The maximum Gasteiger partial charge on any atom is 0.116 e. The van der Waals surface area contributed by atoms with Gasteiger partial charge in [0.25, 0.3) is 0 Å². The van der Waals surface area contributed by atoms with Crippen LogP contribution in [0.15, 0.2) is 152 Å². The van der Waals surface area contributed by atoms with E-state index in [1.54, 1.807) is 17.7 Å². The van der Waals surface area contributed by atoms with Crippen LogP contribution < -0.4 is 0 Å². The van der Waals surface area contributed by atoms with Gasteiger partial charge in [-0.2, -0.15) is 0 Å². The molecule has 0 aliphatic heterocycles. The van der Waals surface area contributed by atoms with E-state index in [9.17, 15) is 0 Å². The Balaban J connectivity index is 1.18. The lowest BCUT2D eigenvalue weighted by atomic mass is 9.92. The fourth-order valence-electron chi connectivity index (χ4n) is 8.58. The van der Waals surface area contributed by atoms with E-state index in [4.69, 9.17) is 4.98 Å². The number of aromatic nitrogens is 3. The molecule has 0 spiro atoms. The molecule has 4 aromatic heterocycles. The van der Waals surface area contributed by atoms with Gasteiger partial charge in [-0.3, -0.25) is 0 Å². The molecule has 12 aromatic rings. The molecule has 4 heterocycles. The van der Waals surface area contributed by atoms with Gasteiger partial charge < -0.3 is 4.57 Å². The van der Waals surface area contributed by atoms with Crippen molar-refractivity contribution >= 4 is 117 Å². The summed E-state index contributed by atoms with van der Waals surface area (Å²) in [6, 6.07) is 51.4. The van der Waals surface area contributed by atoms with E-state index in [1.165, 1.54) is 95.5 Å². The Kier molecular flexibility index (Phi) is 5.53. The Morgan fingerprint density at radius 2 is 1.10 bits per heavy atom. The van der Waals surface area contributed by atoms with E-state index in [0.717, 1.165) is 15.9 Å². The summed E-state index contributed by atoms with van der Waals surface area (Å²) in [5.74, 6) is 0. The van der Waals surface area contributed by atoms with Gasteiger partial charge in [-0.25, -0.2) is 9.97 Å². The maximum atomic E-state index is 4.88. The first-order valence-electron chi connectivity index (χ1n) is 17.1. The average Bonchev–Trinajstić information content (AvgIpc) is 3.88. The van der Waals surface area contributed by atoms with Crippen molar-refractivity contribution in [1.82, 2.24) is 14.5 Å². The molecule has 12 rings (SSSR count). The second kappa shape index (κ2) is 10.2. The van der Waals surface area contributed by atoms with Gasteiger partial charge in [-0.1, -0.05) is 109 Å². The number of para-hydroxylation sites is 1. The van der Waals surface area contributed by atoms with Crippen molar-refractivity contribution in [3.8, 4) is 16.8 Å². The molecule has 0 aliphatic rings. The number of hydrogen-bond acceptors (Lipinski definition) is 4. The van der Waals surface area contributed by atoms with E-state index in [2.05, 4.69) is 149 Å². The Morgan fingerprint density at radius 1 is 0.451 bits per heavy atom. The van der Waals surface area contributed by atoms with Crippen LogP contribution in [0, 0.1) is 0 Å². The van der Waals surface area contributed by atoms with Crippen molar-refractivity contribution in [2.24, 2.45) is 0 Å². The summed E-state index contributed by atoms with van der Waals surface area (Å²) in [5, 5.41) is 14.1. The van der Waals surface area contributed by atoms with Crippen molar-refractivity contribution in [2.75, 3.05) is 0 Å². The SMILES string of the molecule is c1cc(-c2ccc3c4ccccc4c4ccccc4c3c2)cc(-n2c3ccccc3c3c4sc5ccccc5c4c4c5ncncc5sc4c32)c1. The van der Waals surface area contributed by atoms with Crippen molar-refractivity contribution < 1.29 is 0 Å². The summed E-state index contributed by atoms with van der Waals surface area (Å²) >= 11 is 3.70. The van der Waals surface area contributed by atoms with E-state index >= 15 is 0 Å². The number of thiophene rings is 2. The topological polar surface area (TPSA) is 30.7 Å². The van der Waals surface area contributed by atoms with Crippen LogP contribution >= 0.6 is 22.7 Å². The largest absolute Gasteiger partial charge is 0.308 e. The molecule has 0 aliphatic carbocycles. The lowest BCUT2D eigenvalue weighted by Gasteiger charge is -2.13. The molecule has 0 saturated carbocycles. The Bertz CT molecular complexity index is 3400. The molecule has 0 fully saturated rings. The van der Waals surface area contributed by atoms with Crippen LogP contribution in [0.25, 0.3) is 111 Å². The van der Waals surface area contributed by atoms with Gasteiger partial charge >= 0.3 is 0 Å². The zero-order chi connectivity index (χ0) is 33.2. The lowest BCUT2D eigenvalue weighted by molar-refractivity contribution is 1.19. The number of benzene rings is 8. The fraction of sp³-hybridized carbons (Fsp3) is 0. The predicted molar refractivity (Wildman–Crippen MR) is 220 cm³/mol. The molecule has 0 unspecified atom stereocenters. The summed E-state index contributed by atoms with van der Waals surface area (Å²) in [4.78, 5) is 9.32. The minimum Gasteiger partial charge on any atom is -0.308 e. The minimum atomic E-state index is 1.03. The van der Waals surface area contributed by atoms with Crippen molar-refractivity contribution in [2.45, 2.75) is 0 Å². The van der Waals surface area contributed by atoms with Crippen LogP contribution in [0.2, 0.25) is 0 Å². The standard InChI is InChI=1S/C46H25N3S2/c1-2-14-31-29(12-1)30-13-3-4-15-32(30)36-23-27(20-21-33(31)36)26-10-9-11-28(22-26)49-37-18-7-5-16-34(37)41-44(49)46-42(43-39(51-46)24-47-25-48-43)40-35-17-6-8-19-38(35)50-45(40)41/h1-25H. The quantitative estimate of drug-likeness (QED) is 0.170. The molecule has 0 radical (unpaired) electrons. The number of fused-ring (bicyclic) bond motifs is 18. The summed E-state index contributed by atoms with van der Waals surface area (Å²) in [6.07, 6.45) is 3.66. The predicted octanol–water partition coefficient (Wildman–Crippen LogP) is 13.4. The van der Waals surface area contributed by atoms with Crippen molar-refractivity contribution in [1.29, 1.82) is 0 Å². The van der Waals surface area contributed by atoms with Gasteiger partial charge in [0.15, 0.2) is 0 Å². The molecule has 0 N–H and O–H groups in total. The fourth-order valence-corrected chi connectivity index (χ4v) is 11.0. The van der Waals surface area contributed by atoms with Gasteiger partial charge in [-0.15, -0.1) is 22.7 Å². The molecule has 0 amide bonds. The minimum absolute atomic E-state index is 1.03. The molecule has 8 aromatic carbocycles. The highest BCUT2D eigenvalue weighted by molar-refractivity contribution is 7.29. The van der Waals surface area contributed by atoms with E-state index in [0.29, 0.717) is 0 Å². The van der Waals surface area contributed by atoms with Crippen LogP contribution in [-0.2, 0) is 0 Å². The molecule has 3 nitrogen and oxygen atoms in total. The van der Waals surface area contributed by atoms with Crippen LogP contribution in [0.4, 0.5) is 0 Å². The molecular weight excluding hydrogens is 659 g/mol. The van der Waals surface area contributed by atoms with Gasteiger partial charge in [0, 0.05) is 48.2 Å². The monoisotopic (exact) mass is 683 g/mol. The molecule has 0 saturated heterocycles. The summed E-state index contributed by atoms with van der Waals surface area (Å²) < 4.78 is 7.47. The van der Waals surface area contributed by atoms with Gasteiger partial charge in [-0.05, 0) is 73.8 Å². The summed E-state index contributed by atoms with van der Waals surface area (Å²) in [6.45, 7) is 0. The normalized spacial score (nSPS) is 12.3.